The van der Waals surface area contributed by atoms with E-state index in [9.17, 15) is 9.59 Å². The largest absolute Gasteiger partial charge is 0.465 e. The van der Waals surface area contributed by atoms with Crippen LogP contribution in [0.5, 0.6) is 0 Å². The van der Waals surface area contributed by atoms with E-state index in [1.165, 1.54) is 7.11 Å². The number of nitrogens with zero attached hydrogens (tertiary/aromatic N) is 1. The molecular weight excluding hydrogens is 390 g/mol. The number of esters is 1. The summed E-state index contributed by atoms with van der Waals surface area (Å²) in [6.07, 6.45) is 1.92. The molecule has 0 unspecified atom stereocenters. The first kappa shape index (κ1) is 22.4. The fourth-order valence-electron chi connectivity index (χ4n) is 3.57. The van der Waals surface area contributed by atoms with Gasteiger partial charge in [-0.1, -0.05) is 24.0 Å². The van der Waals surface area contributed by atoms with E-state index < -0.39 is 5.97 Å². The Kier molecular flexibility index (Phi) is 7.69. The molecule has 0 aliphatic carbocycles. The maximum absolute atomic E-state index is 12.4. The molecule has 2 amide bonds. The van der Waals surface area contributed by atoms with E-state index in [0.29, 0.717) is 22.9 Å². The normalized spacial score (nSPS) is 14.5. The summed E-state index contributed by atoms with van der Waals surface area (Å²) in [5.41, 5.74) is 2.63. The Labute approximate surface area is 184 Å². The number of hydrogen-bond acceptors (Lipinski definition) is 4. The number of likely N-dealkylation sites (tertiary alicyclic amines) is 1. The number of methoxy groups -OCH3 is 1. The van der Waals surface area contributed by atoms with Gasteiger partial charge in [-0.25, -0.2) is 9.59 Å². The maximum atomic E-state index is 12.4. The Balaban J connectivity index is 1.58. The van der Waals surface area contributed by atoms with Gasteiger partial charge in [-0.05, 0) is 63.1 Å². The van der Waals surface area contributed by atoms with Gasteiger partial charge in [0.15, 0.2) is 0 Å². The van der Waals surface area contributed by atoms with Crippen LogP contribution in [-0.4, -0.2) is 49.2 Å². The van der Waals surface area contributed by atoms with E-state index in [1.807, 2.05) is 30.3 Å². The Morgan fingerprint density at radius 1 is 1.03 bits per heavy atom. The van der Waals surface area contributed by atoms with Gasteiger partial charge in [-0.15, -0.1) is 0 Å². The predicted octanol–water partition coefficient (Wildman–Crippen LogP) is 3.87. The lowest BCUT2D eigenvalue weighted by Crippen LogP contribution is -2.47. The van der Waals surface area contributed by atoms with Crippen LogP contribution in [0.3, 0.4) is 0 Å². The molecule has 162 valence electrons. The third-order valence-electron chi connectivity index (χ3n) is 5.35. The van der Waals surface area contributed by atoms with Crippen LogP contribution in [0.2, 0.25) is 0 Å². The molecule has 2 N–H and O–H groups in total. The van der Waals surface area contributed by atoms with Gasteiger partial charge in [0.1, 0.15) is 0 Å². The van der Waals surface area contributed by atoms with Crippen LogP contribution in [0.4, 0.5) is 10.5 Å². The summed E-state index contributed by atoms with van der Waals surface area (Å²) >= 11 is 0. The smallest absolute Gasteiger partial charge is 0.337 e. The van der Waals surface area contributed by atoms with Crippen molar-refractivity contribution in [2.24, 2.45) is 0 Å². The summed E-state index contributed by atoms with van der Waals surface area (Å²) in [5, 5.41) is 5.97. The third kappa shape index (κ3) is 6.59. The maximum Gasteiger partial charge on any atom is 0.337 e. The average Bonchev–Trinajstić information content (AvgIpc) is 2.78. The molecule has 1 heterocycles. The minimum absolute atomic E-state index is 0.195. The molecule has 3 rings (SSSR count). The van der Waals surface area contributed by atoms with Gasteiger partial charge in [0.2, 0.25) is 0 Å². The zero-order valence-electron chi connectivity index (χ0n) is 18.3. The summed E-state index contributed by atoms with van der Waals surface area (Å²) < 4.78 is 4.74. The van der Waals surface area contributed by atoms with Crippen LogP contribution in [-0.2, 0) is 4.74 Å². The number of urea groups is 1. The van der Waals surface area contributed by atoms with Crippen LogP contribution in [0.15, 0.2) is 48.5 Å². The van der Waals surface area contributed by atoms with Crippen LogP contribution in [0.1, 0.15) is 48.2 Å². The molecular formula is C25H29N3O3. The summed E-state index contributed by atoms with van der Waals surface area (Å²) in [6, 6.07) is 14.9. The molecule has 0 bridgehead atoms. The number of carbonyl (C=O) groups is 2. The van der Waals surface area contributed by atoms with Crippen LogP contribution in [0.25, 0.3) is 0 Å². The number of carbonyl (C=O) groups excluding carboxylic acids is 2. The van der Waals surface area contributed by atoms with Gasteiger partial charge in [0, 0.05) is 42.0 Å². The van der Waals surface area contributed by atoms with Crippen molar-refractivity contribution in [2.75, 3.05) is 25.5 Å². The van der Waals surface area contributed by atoms with Gasteiger partial charge in [0.25, 0.3) is 0 Å². The van der Waals surface area contributed by atoms with Gasteiger partial charge >= 0.3 is 12.0 Å². The highest BCUT2D eigenvalue weighted by atomic mass is 16.5. The number of amides is 2. The lowest BCUT2D eigenvalue weighted by molar-refractivity contribution is 0.0600. The molecule has 6 heteroatoms. The molecule has 1 aliphatic rings. The zero-order valence-corrected chi connectivity index (χ0v) is 18.3. The molecule has 1 saturated heterocycles. The van der Waals surface area contributed by atoms with Crippen molar-refractivity contribution in [3.8, 4) is 11.8 Å². The van der Waals surface area contributed by atoms with E-state index in [1.54, 1.807) is 18.2 Å². The fourth-order valence-corrected chi connectivity index (χ4v) is 3.57. The standard InChI is InChI=1S/C25H29N3O3/c1-18(2)28-14-12-22(13-15-28)26-25(30)27-23-9-5-7-20(17-23)11-10-19-6-4-8-21(16-19)24(29)31-3/h4-9,16-18,22H,12-15H2,1-3H3,(H2,26,27,30). The minimum Gasteiger partial charge on any atom is -0.465 e. The molecule has 31 heavy (non-hydrogen) atoms. The minimum atomic E-state index is -0.393. The molecule has 0 radical (unpaired) electrons. The van der Waals surface area contributed by atoms with Crippen molar-refractivity contribution in [1.82, 2.24) is 10.2 Å². The van der Waals surface area contributed by atoms with Gasteiger partial charge in [0.05, 0.1) is 12.7 Å². The molecule has 0 aromatic heterocycles. The van der Waals surface area contributed by atoms with Crippen molar-refractivity contribution >= 4 is 17.7 Å². The number of rotatable bonds is 4. The van der Waals surface area contributed by atoms with Crippen molar-refractivity contribution in [3.05, 3.63) is 65.2 Å². The summed E-state index contributed by atoms with van der Waals surface area (Å²) in [7, 11) is 1.35. The lowest BCUT2D eigenvalue weighted by atomic mass is 10.0. The molecule has 2 aromatic carbocycles. The first-order chi connectivity index (χ1) is 14.9. The highest BCUT2D eigenvalue weighted by Crippen LogP contribution is 2.14. The SMILES string of the molecule is COC(=O)c1cccc(C#Cc2cccc(NC(=O)NC3CCN(C(C)C)CC3)c2)c1. The number of ether oxygens (including phenoxy) is 1. The first-order valence-corrected chi connectivity index (χ1v) is 10.6. The second-order valence-corrected chi connectivity index (χ2v) is 7.91. The van der Waals surface area contributed by atoms with E-state index in [0.717, 1.165) is 31.5 Å². The van der Waals surface area contributed by atoms with E-state index in [-0.39, 0.29) is 12.1 Å². The Morgan fingerprint density at radius 3 is 2.32 bits per heavy atom. The summed E-state index contributed by atoms with van der Waals surface area (Å²) in [5.74, 6) is 5.73. The quantitative estimate of drug-likeness (QED) is 0.583. The number of benzene rings is 2. The van der Waals surface area contributed by atoms with Crippen LogP contribution in [0, 0.1) is 11.8 Å². The van der Waals surface area contributed by atoms with Crippen molar-refractivity contribution < 1.29 is 14.3 Å². The number of hydrogen-bond donors (Lipinski definition) is 2. The van der Waals surface area contributed by atoms with Gasteiger partial charge in [-0.3, -0.25) is 0 Å². The van der Waals surface area contributed by atoms with Crippen molar-refractivity contribution in [2.45, 2.75) is 38.8 Å². The van der Waals surface area contributed by atoms with Crippen molar-refractivity contribution in [3.63, 3.8) is 0 Å². The highest BCUT2D eigenvalue weighted by molar-refractivity contribution is 5.90. The summed E-state index contributed by atoms with van der Waals surface area (Å²) in [6.45, 7) is 6.41. The Morgan fingerprint density at radius 2 is 1.68 bits per heavy atom. The average molecular weight is 420 g/mol. The second-order valence-electron chi connectivity index (χ2n) is 7.91. The Bertz CT molecular complexity index is 983. The topological polar surface area (TPSA) is 70.7 Å². The van der Waals surface area contributed by atoms with E-state index in [2.05, 4.69) is 41.2 Å². The lowest BCUT2D eigenvalue weighted by Gasteiger charge is -2.34. The third-order valence-corrected chi connectivity index (χ3v) is 5.35. The molecule has 6 nitrogen and oxygen atoms in total. The zero-order chi connectivity index (χ0) is 22.2. The summed E-state index contributed by atoms with van der Waals surface area (Å²) in [4.78, 5) is 26.5. The highest BCUT2D eigenvalue weighted by Gasteiger charge is 2.21. The number of piperidine rings is 1. The molecule has 2 aromatic rings. The Hall–Kier alpha value is -3.30. The van der Waals surface area contributed by atoms with Crippen LogP contribution < -0.4 is 10.6 Å². The molecule has 1 fully saturated rings. The van der Waals surface area contributed by atoms with Gasteiger partial charge in [-0.2, -0.15) is 0 Å². The van der Waals surface area contributed by atoms with E-state index in [4.69, 9.17) is 4.74 Å². The number of anilines is 1. The van der Waals surface area contributed by atoms with Crippen LogP contribution >= 0.6 is 0 Å². The molecule has 0 saturated carbocycles. The molecule has 1 aliphatic heterocycles. The molecule has 0 atom stereocenters. The fraction of sp³-hybridized carbons (Fsp3) is 0.360. The molecule has 0 spiro atoms. The predicted molar refractivity (Wildman–Crippen MR) is 122 cm³/mol. The number of nitrogens with one attached hydrogen (secondary N) is 2. The monoisotopic (exact) mass is 419 g/mol. The second kappa shape index (κ2) is 10.6. The van der Waals surface area contributed by atoms with Gasteiger partial charge < -0.3 is 20.3 Å². The first-order valence-electron chi connectivity index (χ1n) is 10.6. The van der Waals surface area contributed by atoms with Crippen molar-refractivity contribution in [1.29, 1.82) is 0 Å². The van der Waals surface area contributed by atoms with E-state index >= 15 is 0 Å².